The number of aliphatic hydroxyl groups is 1. The summed E-state index contributed by atoms with van der Waals surface area (Å²) in [6.45, 7) is 7.16. The molecular weight excluding hydrogens is 573 g/mol. The van der Waals surface area contributed by atoms with E-state index in [0.29, 0.717) is 5.57 Å². The number of hydrogen-bond donors (Lipinski definition) is 1. The number of carbonyl (C=O) groups excluding carboxylic acids is 1. The maximum atomic E-state index is 11.2. The maximum Gasteiger partial charge on any atom is 0.163 e. The monoisotopic (exact) mass is 599 g/mol. The topological polar surface area (TPSA) is 37.3 Å². The minimum Gasteiger partial charge on any atom is -0.512 e. The maximum absolute atomic E-state index is 11.2. The quantitative estimate of drug-likeness (QED) is 0.153. The van der Waals surface area contributed by atoms with Gasteiger partial charge in [-0.15, -0.1) is 34.7 Å². The molecule has 0 fully saturated rings. The summed E-state index contributed by atoms with van der Waals surface area (Å²) in [4.78, 5) is 11.2. The molecule has 0 saturated carbocycles. The van der Waals surface area contributed by atoms with E-state index in [9.17, 15) is 9.90 Å². The van der Waals surface area contributed by atoms with Crippen molar-refractivity contribution in [2.45, 2.75) is 27.7 Å². The van der Waals surface area contributed by atoms with Crippen LogP contribution in [0.5, 0.6) is 0 Å². The SMILES string of the molecule is CC(=O)/C(=C(/C)O)c1ccccc1.Cc1[c-]c(-c2[c-]c3ccccc3cc2)cc(C)c1.[Ir]. The van der Waals surface area contributed by atoms with Gasteiger partial charge in [0, 0.05) is 20.1 Å². The molecule has 0 amide bonds. The van der Waals surface area contributed by atoms with Gasteiger partial charge >= 0.3 is 0 Å². The molecular formula is C29H26IrO2-2. The Balaban J connectivity index is 0.000000232. The van der Waals surface area contributed by atoms with Crippen molar-refractivity contribution >= 4 is 22.1 Å². The van der Waals surface area contributed by atoms with Gasteiger partial charge in [0.1, 0.15) is 5.76 Å². The minimum atomic E-state index is -0.119. The summed E-state index contributed by atoms with van der Waals surface area (Å²) in [5.41, 5.74) is 5.82. The zero-order valence-corrected chi connectivity index (χ0v) is 21.1. The molecule has 0 aliphatic heterocycles. The first-order valence-electron chi connectivity index (χ1n) is 10.2. The summed E-state index contributed by atoms with van der Waals surface area (Å²) in [6, 6.07) is 32.9. The van der Waals surface area contributed by atoms with Crippen LogP contribution in [0.3, 0.4) is 0 Å². The molecule has 0 unspecified atom stereocenters. The average molecular weight is 599 g/mol. The smallest absolute Gasteiger partial charge is 0.163 e. The molecule has 0 bridgehead atoms. The Bertz CT molecular complexity index is 1220. The van der Waals surface area contributed by atoms with Gasteiger partial charge in [0.25, 0.3) is 0 Å². The van der Waals surface area contributed by atoms with Crippen molar-refractivity contribution in [2.24, 2.45) is 0 Å². The number of benzene rings is 4. The molecule has 1 radical (unpaired) electrons. The number of allylic oxidation sites excluding steroid dienone is 2. The number of aryl methyl sites for hydroxylation is 2. The molecule has 2 nitrogen and oxygen atoms in total. The summed E-state index contributed by atoms with van der Waals surface area (Å²) in [5.74, 6) is -0.0510. The average Bonchev–Trinajstić information content (AvgIpc) is 2.73. The van der Waals surface area contributed by atoms with Crippen molar-refractivity contribution in [2.75, 3.05) is 0 Å². The summed E-state index contributed by atoms with van der Waals surface area (Å²) in [5, 5.41) is 11.7. The second kappa shape index (κ2) is 11.6. The van der Waals surface area contributed by atoms with Crippen molar-refractivity contribution in [1.82, 2.24) is 0 Å². The zero-order chi connectivity index (χ0) is 22.4. The van der Waals surface area contributed by atoms with Crippen molar-refractivity contribution in [3.63, 3.8) is 0 Å². The van der Waals surface area contributed by atoms with Gasteiger partial charge in [-0.1, -0.05) is 67.8 Å². The zero-order valence-electron chi connectivity index (χ0n) is 18.7. The Morgan fingerprint density at radius 1 is 0.781 bits per heavy atom. The number of hydrogen-bond acceptors (Lipinski definition) is 2. The first-order valence-corrected chi connectivity index (χ1v) is 10.2. The van der Waals surface area contributed by atoms with Crippen molar-refractivity contribution in [1.29, 1.82) is 0 Å². The van der Waals surface area contributed by atoms with Crippen LogP contribution in [0.2, 0.25) is 0 Å². The van der Waals surface area contributed by atoms with Gasteiger partial charge in [0.15, 0.2) is 5.78 Å². The van der Waals surface area contributed by atoms with E-state index in [-0.39, 0.29) is 31.6 Å². The summed E-state index contributed by atoms with van der Waals surface area (Å²) >= 11 is 0. The molecule has 1 N–H and O–H groups in total. The van der Waals surface area contributed by atoms with Crippen LogP contribution in [0.4, 0.5) is 0 Å². The number of carbonyl (C=O) groups is 1. The molecule has 0 aliphatic rings. The fourth-order valence-corrected chi connectivity index (χ4v) is 3.59. The third kappa shape index (κ3) is 6.50. The molecule has 0 heterocycles. The van der Waals surface area contributed by atoms with Gasteiger partial charge in [-0.2, -0.15) is 29.8 Å². The van der Waals surface area contributed by atoms with Crippen LogP contribution in [0.1, 0.15) is 30.5 Å². The van der Waals surface area contributed by atoms with Crippen LogP contribution in [0.15, 0.2) is 84.6 Å². The molecule has 0 atom stereocenters. The predicted molar refractivity (Wildman–Crippen MR) is 129 cm³/mol. The Morgan fingerprint density at radius 2 is 1.44 bits per heavy atom. The molecule has 4 aromatic rings. The van der Waals surface area contributed by atoms with Crippen molar-refractivity contribution in [3.8, 4) is 11.1 Å². The van der Waals surface area contributed by atoms with E-state index >= 15 is 0 Å². The van der Waals surface area contributed by atoms with Gasteiger partial charge in [-0.25, -0.2) is 5.56 Å². The van der Waals surface area contributed by atoms with Crippen molar-refractivity contribution < 1.29 is 30.0 Å². The first-order chi connectivity index (χ1) is 14.8. The van der Waals surface area contributed by atoms with E-state index in [1.165, 1.54) is 30.4 Å². The number of rotatable bonds is 3. The van der Waals surface area contributed by atoms with Gasteiger partial charge in [0.05, 0.1) is 5.57 Å². The van der Waals surface area contributed by atoms with E-state index < -0.39 is 0 Å². The molecule has 4 rings (SSSR count). The third-order valence-corrected chi connectivity index (χ3v) is 4.87. The van der Waals surface area contributed by atoms with Crippen LogP contribution in [0, 0.1) is 26.0 Å². The van der Waals surface area contributed by atoms with E-state index in [2.05, 4.69) is 68.4 Å². The molecule has 0 aromatic heterocycles. The fourth-order valence-electron chi connectivity index (χ4n) is 3.59. The first kappa shape index (κ1) is 25.3. The number of aliphatic hydroxyl groups excluding tert-OH is 1. The predicted octanol–water partition coefficient (Wildman–Crippen LogP) is 7.29. The second-order valence-electron chi connectivity index (χ2n) is 7.60. The fraction of sp³-hybridized carbons (Fsp3) is 0.138. The van der Waals surface area contributed by atoms with Gasteiger partial charge in [0.2, 0.25) is 0 Å². The van der Waals surface area contributed by atoms with E-state index in [4.69, 9.17) is 0 Å². The van der Waals surface area contributed by atoms with Gasteiger partial charge < -0.3 is 5.11 Å². The molecule has 4 aromatic carbocycles. The van der Waals surface area contributed by atoms with Gasteiger partial charge in [-0.05, 0) is 19.4 Å². The normalized spacial score (nSPS) is 11.0. The summed E-state index contributed by atoms with van der Waals surface area (Å²) in [6.07, 6.45) is 0. The molecule has 3 heteroatoms. The van der Waals surface area contributed by atoms with Crippen LogP contribution in [0.25, 0.3) is 27.5 Å². The molecule has 0 spiro atoms. The number of ketones is 1. The van der Waals surface area contributed by atoms with Crippen molar-refractivity contribution in [3.05, 3.63) is 113 Å². The van der Waals surface area contributed by atoms with E-state index in [0.717, 1.165) is 22.1 Å². The summed E-state index contributed by atoms with van der Waals surface area (Å²) in [7, 11) is 0. The van der Waals surface area contributed by atoms with Crippen LogP contribution in [-0.4, -0.2) is 10.9 Å². The second-order valence-corrected chi connectivity index (χ2v) is 7.60. The van der Waals surface area contributed by atoms with E-state index in [1.54, 1.807) is 12.1 Å². The minimum absolute atomic E-state index is 0. The summed E-state index contributed by atoms with van der Waals surface area (Å²) < 4.78 is 0. The molecule has 165 valence electrons. The Hall–Kier alpha value is -3.00. The molecule has 0 aliphatic carbocycles. The largest absolute Gasteiger partial charge is 0.512 e. The Morgan fingerprint density at radius 3 is 2.06 bits per heavy atom. The van der Waals surface area contributed by atoms with Crippen LogP contribution >= 0.6 is 0 Å². The Labute approximate surface area is 204 Å². The number of fused-ring (bicyclic) bond motifs is 1. The molecule has 0 saturated heterocycles. The molecule has 32 heavy (non-hydrogen) atoms. The van der Waals surface area contributed by atoms with Crippen LogP contribution < -0.4 is 0 Å². The third-order valence-electron chi connectivity index (χ3n) is 4.87. The van der Waals surface area contributed by atoms with E-state index in [1.807, 2.05) is 24.3 Å². The number of Topliss-reactive ketones (excluding diaryl/α,β-unsaturated/α-hetero) is 1. The Kier molecular flexibility index (Phi) is 9.13. The van der Waals surface area contributed by atoms with Gasteiger partial charge in [-0.3, -0.25) is 4.79 Å². The standard InChI is InChI=1S/C18H14.C11H12O2.Ir/c1-13-9-14(2)11-18(10-13)17-8-7-15-5-3-4-6-16(15)12-17;1-8(12)11(9(2)13)10-6-4-3-5-7-10;/h3-10H,1-2H3;3-7,12H,1-2H3;/q-2;;/b;11-8+;. The van der Waals surface area contributed by atoms with Crippen LogP contribution in [-0.2, 0) is 24.9 Å².